The third-order valence-electron chi connectivity index (χ3n) is 6.41. The highest BCUT2D eigenvalue weighted by Crippen LogP contribution is 2.54. The van der Waals surface area contributed by atoms with E-state index in [2.05, 4.69) is 28.9 Å². The Morgan fingerprint density at radius 1 is 1.24 bits per heavy atom. The van der Waals surface area contributed by atoms with Crippen LogP contribution in [0.5, 0.6) is 5.75 Å². The number of fused-ring (bicyclic) bond motifs is 3. The number of ether oxygens (including phenoxy) is 1. The molecule has 2 heterocycles. The van der Waals surface area contributed by atoms with Crippen LogP contribution in [0, 0.1) is 11.8 Å². The molecule has 4 heteroatoms. The van der Waals surface area contributed by atoms with Gasteiger partial charge in [0.05, 0.1) is 12.0 Å². The van der Waals surface area contributed by atoms with Crippen molar-refractivity contribution in [1.82, 2.24) is 10.3 Å². The van der Waals surface area contributed by atoms with Gasteiger partial charge in [-0.3, -0.25) is 4.98 Å². The van der Waals surface area contributed by atoms with Gasteiger partial charge in [0.15, 0.2) is 0 Å². The fourth-order valence-electron chi connectivity index (χ4n) is 5.16. The SMILES string of the molecule is COc1ccsc1CNCCC1(c2ccccn2)CC2CCC1CC2. The Morgan fingerprint density at radius 2 is 2.12 bits per heavy atom. The molecule has 1 atom stereocenters. The summed E-state index contributed by atoms with van der Waals surface area (Å²) >= 11 is 1.77. The standard InChI is InChI=1S/C21H28N2OS/c1-24-18-9-13-25-19(18)15-22-12-10-21(20-4-2-3-11-23-20)14-16-5-7-17(21)8-6-16/h2-4,9,11,13,16-17,22H,5-8,10,12,14-15H2,1H3. The molecule has 25 heavy (non-hydrogen) atoms. The van der Waals surface area contributed by atoms with Crippen LogP contribution in [0.4, 0.5) is 0 Å². The number of hydrogen-bond donors (Lipinski definition) is 1. The van der Waals surface area contributed by atoms with Gasteiger partial charge in [0.2, 0.25) is 0 Å². The second-order valence-corrected chi connectivity index (χ2v) is 8.63. The molecule has 0 radical (unpaired) electrons. The van der Waals surface area contributed by atoms with Crippen molar-refractivity contribution >= 4 is 11.3 Å². The lowest BCUT2D eigenvalue weighted by Gasteiger charge is -2.52. The Morgan fingerprint density at radius 3 is 2.80 bits per heavy atom. The van der Waals surface area contributed by atoms with Crippen LogP contribution < -0.4 is 10.1 Å². The number of methoxy groups -OCH3 is 1. The molecule has 1 N–H and O–H groups in total. The highest BCUT2D eigenvalue weighted by molar-refractivity contribution is 7.10. The van der Waals surface area contributed by atoms with Crippen LogP contribution in [0.15, 0.2) is 35.8 Å². The van der Waals surface area contributed by atoms with E-state index in [-0.39, 0.29) is 5.41 Å². The lowest BCUT2D eigenvalue weighted by atomic mass is 9.53. The first-order valence-electron chi connectivity index (χ1n) is 9.54. The molecular formula is C21H28N2OS. The first kappa shape index (κ1) is 17.0. The Bertz CT molecular complexity index is 678. The minimum atomic E-state index is 0.287. The molecule has 2 aromatic heterocycles. The zero-order chi connectivity index (χ0) is 17.1. The molecule has 134 valence electrons. The van der Waals surface area contributed by atoms with Gasteiger partial charge >= 0.3 is 0 Å². The van der Waals surface area contributed by atoms with Crippen molar-refractivity contribution < 1.29 is 4.74 Å². The number of nitrogens with zero attached hydrogens (tertiary/aromatic N) is 1. The van der Waals surface area contributed by atoms with Gasteiger partial charge in [0, 0.05) is 23.9 Å². The number of aromatic nitrogens is 1. The zero-order valence-electron chi connectivity index (χ0n) is 15.0. The molecule has 1 unspecified atom stereocenters. The van der Waals surface area contributed by atoms with Gasteiger partial charge < -0.3 is 10.1 Å². The number of rotatable bonds is 7. The molecular weight excluding hydrogens is 328 g/mol. The fourth-order valence-corrected chi connectivity index (χ4v) is 5.97. The van der Waals surface area contributed by atoms with Crippen LogP contribution in [0.1, 0.15) is 49.1 Å². The summed E-state index contributed by atoms with van der Waals surface area (Å²) in [5.41, 5.74) is 1.62. The predicted molar refractivity (Wildman–Crippen MR) is 103 cm³/mol. The summed E-state index contributed by atoms with van der Waals surface area (Å²) in [5, 5.41) is 5.77. The van der Waals surface area contributed by atoms with Crippen molar-refractivity contribution in [2.75, 3.05) is 13.7 Å². The van der Waals surface area contributed by atoms with E-state index < -0.39 is 0 Å². The third kappa shape index (κ3) is 3.34. The molecule has 3 aliphatic rings. The maximum Gasteiger partial charge on any atom is 0.134 e. The van der Waals surface area contributed by atoms with Gasteiger partial charge in [-0.1, -0.05) is 18.9 Å². The summed E-state index contributed by atoms with van der Waals surface area (Å²) in [5.74, 6) is 2.73. The second-order valence-electron chi connectivity index (χ2n) is 7.63. The normalized spacial score (nSPS) is 28.2. The first-order valence-corrected chi connectivity index (χ1v) is 10.4. The molecule has 0 saturated heterocycles. The van der Waals surface area contributed by atoms with Crippen LogP contribution in [0.3, 0.4) is 0 Å². The van der Waals surface area contributed by atoms with E-state index in [1.54, 1.807) is 18.4 Å². The molecule has 0 aliphatic heterocycles. The van der Waals surface area contributed by atoms with E-state index in [1.165, 1.54) is 49.1 Å². The monoisotopic (exact) mass is 356 g/mol. The van der Waals surface area contributed by atoms with E-state index in [9.17, 15) is 0 Å². The van der Waals surface area contributed by atoms with Gasteiger partial charge in [0.1, 0.15) is 5.75 Å². The summed E-state index contributed by atoms with van der Waals surface area (Å²) in [4.78, 5) is 6.09. The van der Waals surface area contributed by atoms with Crippen molar-refractivity contribution in [2.45, 2.75) is 50.5 Å². The number of pyridine rings is 1. The average molecular weight is 357 g/mol. The molecule has 3 fully saturated rings. The van der Waals surface area contributed by atoms with Crippen LogP contribution >= 0.6 is 11.3 Å². The molecule has 3 aliphatic carbocycles. The smallest absolute Gasteiger partial charge is 0.134 e. The predicted octanol–water partition coefficient (Wildman–Crippen LogP) is 4.78. The maximum atomic E-state index is 5.42. The van der Waals surface area contributed by atoms with Gasteiger partial charge in [-0.15, -0.1) is 11.3 Å². The van der Waals surface area contributed by atoms with E-state index in [4.69, 9.17) is 9.72 Å². The van der Waals surface area contributed by atoms with Gasteiger partial charge in [-0.25, -0.2) is 0 Å². The minimum Gasteiger partial charge on any atom is -0.496 e. The number of nitrogens with one attached hydrogen (secondary N) is 1. The topological polar surface area (TPSA) is 34.1 Å². The largest absolute Gasteiger partial charge is 0.496 e. The van der Waals surface area contributed by atoms with Crippen LogP contribution in [-0.2, 0) is 12.0 Å². The first-order chi connectivity index (χ1) is 12.3. The third-order valence-corrected chi connectivity index (χ3v) is 7.32. The summed E-state index contributed by atoms with van der Waals surface area (Å²) in [6.45, 7) is 1.94. The maximum absolute atomic E-state index is 5.42. The molecule has 3 nitrogen and oxygen atoms in total. The highest BCUT2D eigenvalue weighted by atomic mass is 32.1. The summed E-state index contributed by atoms with van der Waals surface area (Å²) in [6, 6.07) is 8.52. The molecule has 5 rings (SSSR count). The lowest BCUT2D eigenvalue weighted by molar-refractivity contribution is 0.0545. The lowest BCUT2D eigenvalue weighted by Crippen LogP contribution is -2.47. The molecule has 0 aromatic carbocycles. The van der Waals surface area contributed by atoms with Crippen molar-refractivity contribution in [2.24, 2.45) is 11.8 Å². The van der Waals surface area contributed by atoms with Gasteiger partial charge in [-0.2, -0.15) is 0 Å². The second kappa shape index (κ2) is 7.46. The molecule has 2 bridgehead atoms. The van der Waals surface area contributed by atoms with Gasteiger partial charge in [0.25, 0.3) is 0 Å². The van der Waals surface area contributed by atoms with Crippen LogP contribution in [-0.4, -0.2) is 18.6 Å². The Hall–Kier alpha value is -1.39. The highest BCUT2D eigenvalue weighted by Gasteiger charge is 2.48. The zero-order valence-corrected chi connectivity index (χ0v) is 15.9. The molecule has 2 aromatic rings. The van der Waals surface area contributed by atoms with E-state index >= 15 is 0 Å². The summed E-state index contributed by atoms with van der Waals surface area (Å²) in [6.07, 6.45) is 10.1. The van der Waals surface area contributed by atoms with E-state index in [1.807, 2.05) is 12.3 Å². The van der Waals surface area contributed by atoms with E-state index in [0.717, 1.165) is 30.7 Å². The molecule has 3 saturated carbocycles. The van der Waals surface area contributed by atoms with Crippen molar-refractivity contribution in [3.63, 3.8) is 0 Å². The molecule has 0 amide bonds. The number of hydrogen-bond acceptors (Lipinski definition) is 4. The van der Waals surface area contributed by atoms with Crippen LogP contribution in [0.25, 0.3) is 0 Å². The number of thiophene rings is 1. The Kier molecular flexibility index (Phi) is 5.09. The average Bonchev–Trinajstić information content (AvgIpc) is 3.14. The summed E-state index contributed by atoms with van der Waals surface area (Å²) in [7, 11) is 1.75. The Balaban J connectivity index is 1.45. The minimum absolute atomic E-state index is 0.287. The summed E-state index contributed by atoms with van der Waals surface area (Å²) < 4.78 is 5.42. The quantitative estimate of drug-likeness (QED) is 0.725. The van der Waals surface area contributed by atoms with Gasteiger partial charge in [-0.05, 0) is 67.6 Å². The van der Waals surface area contributed by atoms with Crippen molar-refractivity contribution in [3.05, 3.63) is 46.4 Å². The van der Waals surface area contributed by atoms with Crippen molar-refractivity contribution in [1.29, 1.82) is 0 Å². The Labute approximate surface area is 154 Å². The van der Waals surface area contributed by atoms with Crippen LogP contribution in [0.2, 0.25) is 0 Å². The van der Waals surface area contributed by atoms with Crippen molar-refractivity contribution in [3.8, 4) is 5.75 Å². The fraction of sp³-hybridized carbons (Fsp3) is 0.571. The van der Waals surface area contributed by atoms with E-state index in [0.29, 0.717) is 0 Å². The molecule has 0 spiro atoms.